The van der Waals surface area contributed by atoms with E-state index < -0.39 is 0 Å². The van der Waals surface area contributed by atoms with Crippen molar-refractivity contribution in [2.75, 3.05) is 0 Å². The predicted molar refractivity (Wildman–Crippen MR) is 45.9 cm³/mol. The fourth-order valence-corrected chi connectivity index (χ4v) is 1.75. The molecule has 2 atom stereocenters. The van der Waals surface area contributed by atoms with Gasteiger partial charge in [-0.3, -0.25) is 0 Å². The van der Waals surface area contributed by atoms with Crippen LogP contribution in [-0.4, -0.2) is 11.2 Å². The summed E-state index contributed by atoms with van der Waals surface area (Å²) < 4.78 is 0. The van der Waals surface area contributed by atoms with E-state index in [1.54, 1.807) is 6.20 Å². The van der Waals surface area contributed by atoms with Crippen molar-refractivity contribution in [2.45, 2.75) is 38.2 Å². The molecule has 0 aromatic rings. The number of nitrogens with two attached hydrogens (primary N) is 1. The van der Waals surface area contributed by atoms with Gasteiger partial charge in [0, 0.05) is 0 Å². The Balaban J connectivity index is 2.22. The van der Waals surface area contributed by atoms with Gasteiger partial charge in [0.2, 0.25) is 0 Å². The first-order valence-corrected chi connectivity index (χ1v) is 4.37. The molecule has 1 aliphatic carbocycles. The van der Waals surface area contributed by atoms with Crippen LogP contribution >= 0.6 is 0 Å². The molecule has 0 aromatic carbocycles. The molecule has 1 saturated carbocycles. The van der Waals surface area contributed by atoms with Crippen molar-refractivity contribution in [1.29, 1.82) is 0 Å². The van der Waals surface area contributed by atoms with Crippen LogP contribution in [0.25, 0.3) is 0 Å². The Morgan fingerprint density at radius 2 is 2.27 bits per heavy atom. The Morgan fingerprint density at radius 1 is 1.45 bits per heavy atom. The van der Waals surface area contributed by atoms with Crippen LogP contribution in [-0.2, 0) is 0 Å². The fraction of sp³-hybridized carbons (Fsp3) is 0.778. The summed E-state index contributed by atoms with van der Waals surface area (Å²) in [6.07, 6.45) is 8.94. The van der Waals surface area contributed by atoms with Crippen molar-refractivity contribution >= 4 is 0 Å². The van der Waals surface area contributed by atoms with E-state index in [1.807, 2.05) is 6.08 Å². The highest BCUT2D eigenvalue weighted by atomic mass is 16.3. The molecule has 2 nitrogen and oxygen atoms in total. The average molecular weight is 155 g/mol. The van der Waals surface area contributed by atoms with Crippen LogP contribution in [0.5, 0.6) is 0 Å². The molecular weight excluding hydrogens is 138 g/mol. The minimum atomic E-state index is -0.0556. The van der Waals surface area contributed by atoms with E-state index in [0.29, 0.717) is 5.92 Å². The van der Waals surface area contributed by atoms with Crippen molar-refractivity contribution in [1.82, 2.24) is 0 Å². The third-order valence-corrected chi connectivity index (χ3v) is 2.36. The number of hydrogen-bond donors (Lipinski definition) is 2. The molecule has 1 fully saturated rings. The molecule has 1 rings (SSSR count). The Hall–Kier alpha value is -0.500. The van der Waals surface area contributed by atoms with E-state index in [-0.39, 0.29) is 6.10 Å². The fourth-order valence-electron chi connectivity index (χ4n) is 1.75. The standard InChI is InChI=1S/C9H17NO/c10-6-2-4-8-3-1-5-9(11)7-8/h2,6,8-9,11H,1,3-5,7,10H2/b6-2+. The molecule has 0 bridgehead atoms. The smallest absolute Gasteiger partial charge is 0.0543 e. The van der Waals surface area contributed by atoms with Gasteiger partial charge >= 0.3 is 0 Å². The summed E-state index contributed by atoms with van der Waals surface area (Å²) in [6.45, 7) is 0. The zero-order valence-electron chi connectivity index (χ0n) is 6.87. The minimum absolute atomic E-state index is 0.0556. The van der Waals surface area contributed by atoms with Crippen LogP contribution < -0.4 is 5.73 Å². The highest BCUT2D eigenvalue weighted by Crippen LogP contribution is 2.26. The van der Waals surface area contributed by atoms with Crippen LogP contribution in [0.1, 0.15) is 32.1 Å². The molecule has 2 heteroatoms. The molecule has 64 valence electrons. The Bertz CT molecular complexity index is 134. The first-order chi connectivity index (χ1) is 5.33. The molecule has 1 aliphatic rings. The normalized spacial score (nSPS) is 32.8. The predicted octanol–water partition coefficient (Wildman–Crippen LogP) is 1.40. The van der Waals surface area contributed by atoms with Gasteiger partial charge in [-0.25, -0.2) is 0 Å². The van der Waals surface area contributed by atoms with E-state index in [1.165, 1.54) is 12.8 Å². The zero-order chi connectivity index (χ0) is 8.10. The quantitative estimate of drug-likeness (QED) is 0.633. The Labute approximate surface area is 68.1 Å². The van der Waals surface area contributed by atoms with Gasteiger partial charge in [-0.05, 0) is 37.8 Å². The van der Waals surface area contributed by atoms with Crippen LogP contribution in [0.15, 0.2) is 12.3 Å². The maximum Gasteiger partial charge on any atom is 0.0543 e. The monoisotopic (exact) mass is 155 g/mol. The van der Waals surface area contributed by atoms with E-state index in [0.717, 1.165) is 19.3 Å². The van der Waals surface area contributed by atoms with Crippen molar-refractivity contribution in [3.63, 3.8) is 0 Å². The second kappa shape index (κ2) is 4.39. The summed E-state index contributed by atoms with van der Waals surface area (Å²) >= 11 is 0. The summed E-state index contributed by atoms with van der Waals surface area (Å²) in [5.41, 5.74) is 5.24. The lowest BCUT2D eigenvalue weighted by atomic mass is 9.85. The molecule has 11 heavy (non-hydrogen) atoms. The molecule has 0 radical (unpaired) electrons. The molecule has 2 unspecified atom stereocenters. The number of aliphatic hydroxyl groups is 1. The van der Waals surface area contributed by atoms with E-state index in [2.05, 4.69) is 0 Å². The summed E-state index contributed by atoms with van der Waals surface area (Å²) in [5, 5.41) is 9.32. The van der Waals surface area contributed by atoms with Gasteiger partial charge in [0.25, 0.3) is 0 Å². The molecule has 0 saturated heterocycles. The summed E-state index contributed by atoms with van der Waals surface area (Å²) in [4.78, 5) is 0. The second-order valence-corrected chi connectivity index (χ2v) is 3.35. The third-order valence-electron chi connectivity index (χ3n) is 2.36. The molecule has 0 heterocycles. The largest absolute Gasteiger partial charge is 0.405 e. The van der Waals surface area contributed by atoms with Gasteiger partial charge in [0.05, 0.1) is 6.10 Å². The Morgan fingerprint density at radius 3 is 2.91 bits per heavy atom. The van der Waals surface area contributed by atoms with Crippen molar-refractivity contribution in [3.8, 4) is 0 Å². The van der Waals surface area contributed by atoms with Gasteiger partial charge in [-0.2, -0.15) is 0 Å². The molecule has 0 spiro atoms. The number of rotatable bonds is 2. The van der Waals surface area contributed by atoms with Gasteiger partial charge < -0.3 is 10.8 Å². The lowest BCUT2D eigenvalue weighted by molar-refractivity contribution is 0.102. The molecule has 0 aromatic heterocycles. The van der Waals surface area contributed by atoms with Crippen LogP contribution in [0, 0.1) is 5.92 Å². The van der Waals surface area contributed by atoms with Gasteiger partial charge in [0.15, 0.2) is 0 Å². The number of allylic oxidation sites excluding steroid dienone is 1. The van der Waals surface area contributed by atoms with Crippen LogP contribution in [0.4, 0.5) is 0 Å². The Kier molecular flexibility index (Phi) is 3.43. The topological polar surface area (TPSA) is 46.2 Å². The lowest BCUT2D eigenvalue weighted by Crippen LogP contribution is -2.18. The molecule has 0 amide bonds. The van der Waals surface area contributed by atoms with Crippen molar-refractivity contribution in [2.24, 2.45) is 11.7 Å². The van der Waals surface area contributed by atoms with Crippen molar-refractivity contribution < 1.29 is 5.11 Å². The van der Waals surface area contributed by atoms with Gasteiger partial charge in [-0.15, -0.1) is 0 Å². The highest BCUT2D eigenvalue weighted by molar-refractivity contribution is 4.82. The summed E-state index contributed by atoms with van der Waals surface area (Å²) in [5.74, 6) is 0.665. The van der Waals surface area contributed by atoms with Gasteiger partial charge in [0.1, 0.15) is 0 Å². The van der Waals surface area contributed by atoms with Crippen molar-refractivity contribution in [3.05, 3.63) is 12.3 Å². The van der Waals surface area contributed by atoms with Crippen LogP contribution in [0.2, 0.25) is 0 Å². The first-order valence-electron chi connectivity index (χ1n) is 4.37. The maximum atomic E-state index is 9.32. The number of aliphatic hydroxyl groups excluding tert-OH is 1. The number of hydrogen-bond acceptors (Lipinski definition) is 2. The van der Waals surface area contributed by atoms with Crippen LogP contribution in [0.3, 0.4) is 0 Å². The highest BCUT2D eigenvalue weighted by Gasteiger charge is 2.18. The summed E-state index contributed by atoms with van der Waals surface area (Å²) in [7, 11) is 0. The van der Waals surface area contributed by atoms with E-state index in [4.69, 9.17) is 5.73 Å². The van der Waals surface area contributed by atoms with Gasteiger partial charge in [-0.1, -0.05) is 12.5 Å². The molecule has 0 aliphatic heterocycles. The zero-order valence-corrected chi connectivity index (χ0v) is 6.87. The van der Waals surface area contributed by atoms with E-state index >= 15 is 0 Å². The van der Waals surface area contributed by atoms with E-state index in [9.17, 15) is 5.11 Å². The summed E-state index contributed by atoms with van der Waals surface area (Å²) in [6, 6.07) is 0. The lowest BCUT2D eigenvalue weighted by Gasteiger charge is -2.24. The second-order valence-electron chi connectivity index (χ2n) is 3.35. The molecular formula is C9H17NO. The third kappa shape index (κ3) is 2.93. The minimum Gasteiger partial charge on any atom is -0.405 e. The average Bonchev–Trinajstić information content (AvgIpc) is 2.01. The maximum absolute atomic E-state index is 9.32. The molecule has 3 N–H and O–H groups in total. The SMILES string of the molecule is N/C=C/CC1CCCC(O)C1. The first kappa shape index (κ1) is 8.60.